The Labute approximate surface area is 129 Å². The summed E-state index contributed by atoms with van der Waals surface area (Å²) in [6, 6.07) is 4.82. The number of benzene rings is 1. The molecule has 0 bridgehead atoms. The maximum atomic E-state index is 11.7. The first-order chi connectivity index (χ1) is 9.34. The van der Waals surface area contributed by atoms with Gasteiger partial charge in [-0.05, 0) is 24.0 Å². The zero-order valence-corrected chi connectivity index (χ0v) is 13.1. The van der Waals surface area contributed by atoms with Crippen molar-refractivity contribution in [2.75, 3.05) is 19.8 Å². The molecule has 1 amide bonds. The van der Waals surface area contributed by atoms with Gasteiger partial charge in [0, 0.05) is 19.2 Å². The van der Waals surface area contributed by atoms with Gasteiger partial charge in [0.05, 0.1) is 10.0 Å². The minimum atomic E-state index is -0.220. The lowest BCUT2D eigenvalue weighted by Crippen LogP contribution is -2.37. The van der Waals surface area contributed by atoms with Crippen LogP contribution in [-0.4, -0.2) is 30.8 Å². The van der Waals surface area contributed by atoms with E-state index in [1.807, 2.05) is 13.8 Å². The quantitative estimate of drug-likeness (QED) is 0.812. The summed E-state index contributed by atoms with van der Waals surface area (Å²) in [7, 11) is 0. The van der Waals surface area contributed by atoms with Crippen molar-refractivity contribution in [3.63, 3.8) is 0 Å². The van der Waals surface area contributed by atoms with Crippen LogP contribution in [0.15, 0.2) is 18.2 Å². The first-order valence-corrected chi connectivity index (χ1v) is 7.05. The zero-order valence-electron chi connectivity index (χ0n) is 11.6. The van der Waals surface area contributed by atoms with Gasteiger partial charge < -0.3 is 15.2 Å². The molecule has 0 atom stereocenters. The van der Waals surface area contributed by atoms with E-state index in [2.05, 4.69) is 5.32 Å². The highest BCUT2D eigenvalue weighted by molar-refractivity contribution is 6.42. The van der Waals surface area contributed by atoms with E-state index in [0.29, 0.717) is 28.8 Å². The summed E-state index contributed by atoms with van der Waals surface area (Å²) < 4.78 is 5.32. The predicted octanol–water partition coefficient (Wildman–Crippen LogP) is 2.90. The van der Waals surface area contributed by atoms with Gasteiger partial charge in [-0.25, -0.2) is 0 Å². The first-order valence-electron chi connectivity index (χ1n) is 6.29. The molecule has 0 saturated carbocycles. The molecule has 0 radical (unpaired) electrons. The number of rotatable bonds is 7. The van der Waals surface area contributed by atoms with Gasteiger partial charge in [0.15, 0.2) is 6.61 Å². The molecule has 6 heteroatoms. The highest BCUT2D eigenvalue weighted by Gasteiger charge is 2.18. The van der Waals surface area contributed by atoms with Crippen LogP contribution in [0.3, 0.4) is 0 Å². The molecule has 1 aromatic rings. The van der Waals surface area contributed by atoms with Crippen LogP contribution in [0.4, 0.5) is 0 Å². The molecular formula is C14H19Cl2NO3. The normalized spacial score (nSPS) is 11.2. The van der Waals surface area contributed by atoms with Crippen molar-refractivity contribution in [1.29, 1.82) is 0 Å². The van der Waals surface area contributed by atoms with Crippen molar-refractivity contribution in [2.24, 2.45) is 5.41 Å². The Kier molecular flexibility index (Phi) is 6.59. The van der Waals surface area contributed by atoms with Gasteiger partial charge in [-0.2, -0.15) is 0 Å². The van der Waals surface area contributed by atoms with Gasteiger partial charge in [0.1, 0.15) is 5.75 Å². The highest BCUT2D eigenvalue weighted by atomic mass is 35.5. The van der Waals surface area contributed by atoms with E-state index in [1.165, 1.54) is 0 Å². The number of aliphatic hydroxyl groups is 1. The number of ether oxygens (including phenoxy) is 1. The Morgan fingerprint density at radius 2 is 2.05 bits per heavy atom. The summed E-state index contributed by atoms with van der Waals surface area (Å²) in [6.07, 6.45) is 0.626. The number of nitrogens with one attached hydrogen (secondary N) is 1. The van der Waals surface area contributed by atoms with Crippen molar-refractivity contribution < 1.29 is 14.6 Å². The van der Waals surface area contributed by atoms with E-state index < -0.39 is 0 Å². The molecule has 0 unspecified atom stereocenters. The molecule has 0 saturated heterocycles. The van der Waals surface area contributed by atoms with E-state index in [1.54, 1.807) is 18.2 Å². The number of hydrogen-bond donors (Lipinski definition) is 2. The molecule has 0 aliphatic rings. The van der Waals surface area contributed by atoms with Crippen LogP contribution in [-0.2, 0) is 4.79 Å². The molecule has 4 nitrogen and oxygen atoms in total. The predicted molar refractivity (Wildman–Crippen MR) is 80.5 cm³/mol. The Morgan fingerprint density at radius 3 is 2.65 bits per heavy atom. The number of amides is 1. The summed E-state index contributed by atoms with van der Waals surface area (Å²) in [5.41, 5.74) is -0.145. The van der Waals surface area contributed by atoms with E-state index in [4.69, 9.17) is 33.0 Å². The van der Waals surface area contributed by atoms with Crippen LogP contribution in [0.1, 0.15) is 20.3 Å². The van der Waals surface area contributed by atoms with E-state index in [9.17, 15) is 4.79 Å². The molecule has 0 fully saturated rings. The molecule has 0 aliphatic carbocycles. The highest BCUT2D eigenvalue weighted by Crippen LogP contribution is 2.26. The third kappa shape index (κ3) is 5.99. The molecule has 0 aromatic heterocycles. The first kappa shape index (κ1) is 17.1. The SMILES string of the molecule is CC(C)(CCO)CNC(=O)COc1ccc(Cl)c(Cl)c1. The summed E-state index contributed by atoms with van der Waals surface area (Å²) in [6.45, 7) is 4.44. The van der Waals surface area contributed by atoms with Crippen LogP contribution in [0.2, 0.25) is 10.0 Å². The Hall–Kier alpha value is -0.970. The molecule has 1 aromatic carbocycles. The Balaban J connectivity index is 2.38. The lowest BCUT2D eigenvalue weighted by molar-refractivity contribution is -0.123. The van der Waals surface area contributed by atoms with E-state index in [-0.39, 0.29) is 24.5 Å². The number of carbonyl (C=O) groups excluding carboxylic acids is 1. The fraction of sp³-hybridized carbons (Fsp3) is 0.500. The van der Waals surface area contributed by atoms with Crippen molar-refractivity contribution in [2.45, 2.75) is 20.3 Å². The number of hydrogen-bond acceptors (Lipinski definition) is 3. The van der Waals surface area contributed by atoms with Crippen molar-refractivity contribution in [1.82, 2.24) is 5.32 Å². The van der Waals surface area contributed by atoms with Crippen LogP contribution in [0.25, 0.3) is 0 Å². The summed E-state index contributed by atoms with van der Waals surface area (Å²) in [5, 5.41) is 12.5. The largest absolute Gasteiger partial charge is 0.484 e. The standard InChI is InChI=1S/C14H19Cl2NO3/c1-14(2,5-6-18)9-17-13(19)8-20-10-3-4-11(15)12(16)7-10/h3-4,7,18H,5-6,8-9H2,1-2H3,(H,17,19). The van der Waals surface area contributed by atoms with Crippen LogP contribution >= 0.6 is 23.2 Å². The molecule has 0 spiro atoms. The van der Waals surface area contributed by atoms with Crippen LogP contribution in [0, 0.1) is 5.41 Å². The summed E-state index contributed by atoms with van der Waals surface area (Å²) >= 11 is 11.6. The lowest BCUT2D eigenvalue weighted by atomic mass is 9.90. The molecular weight excluding hydrogens is 301 g/mol. The van der Waals surface area contributed by atoms with E-state index >= 15 is 0 Å². The van der Waals surface area contributed by atoms with E-state index in [0.717, 1.165) is 0 Å². The van der Waals surface area contributed by atoms with Gasteiger partial charge in [-0.3, -0.25) is 4.79 Å². The second kappa shape index (κ2) is 7.72. The molecule has 0 aliphatic heterocycles. The zero-order chi connectivity index (χ0) is 15.2. The fourth-order valence-corrected chi connectivity index (χ4v) is 1.78. The van der Waals surface area contributed by atoms with Gasteiger partial charge in [0.25, 0.3) is 5.91 Å². The maximum absolute atomic E-state index is 11.7. The minimum absolute atomic E-state index is 0.0901. The molecule has 1 rings (SSSR count). The van der Waals surface area contributed by atoms with Gasteiger partial charge in [0.2, 0.25) is 0 Å². The molecule has 20 heavy (non-hydrogen) atoms. The van der Waals surface area contributed by atoms with Gasteiger partial charge in [-0.1, -0.05) is 37.0 Å². The summed E-state index contributed by atoms with van der Waals surface area (Å²) in [5.74, 6) is 0.270. The van der Waals surface area contributed by atoms with Gasteiger partial charge in [-0.15, -0.1) is 0 Å². The second-order valence-corrected chi connectivity index (χ2v) is 6.09. The smallest absolute Gasteiger partial charge is 0.257 e. The Bertz CT molecular complexity index is 464. The third-order valence-electron chi connectivity index (χ3n) is 2.81. The number of aliphatic hydroxyl groups excluding tert-OH is 1. The maximum Gasteiger partial charge on any atom is 0.257 e. The monoisotopic (exact) mass is 319 g/mol. The second-order valence-electron chi connectivity index (χ2n) is 5.28. The van der Waals surface area contributed by atoms with Crippen molar-refractivity contribution in [3.8, 4) is 5.75 Å². The molecule has 112 valence electrons. The van der Waals surface area contributed by atoms with Crippen molar-refractivity contribution in [3.05, 3.63) is 28.2 Å². The molecule has 0 heterocycles. The topological polar surface area (TPSA) is 58.6 Å². The number of carbonyl (C=O) groups is 1. The third-order valence-corrected chi connectivity index (χ3v) is 3.55. The van der Waals surface area contributed by atoms with Crippen LogP contribution < -0.4 is 10.1 Å². The van der Waals surface area contributed by atoms with Crippen molar-refractivity contribution >= 4 is 29.1 Å². The average Bonchev–Trinajstić information content (AvgIpc) is 2.38. The number of halogens is 2. The van der Waals surface area contributed by atoms with Gasteiger partial charge >= 0.3 is 0 Å². The minimum Gasteiger partial charge on any atom is -0.484 e. The molecule has 2 N–H and O–H groups in total. The summed E-state index contributed by atoms with van der Waals surface area (Å²) in [4.78, 5) is 11.7. The Morgan fingerprint density at radius 1 is 1.35 bits per heavy atom. The lowest BCUT2D eigenvalue weighted by Gasteiger charge is -2.23. The van der Waals surface area contributed by atoms with Crippen LogP contribution in [0.5, 0.6) is 5.75 Å². The average molecular weight is 320 g/mol. The fourth-order valence-electron chi connectivity index (χ4n) is 1.50.